The third-order valence-electron chi connectivity index (χ3n) is 5.46. The second kappa shape index (κ2) is 9.83. The van der Waals surface area contributed by atoms with Crippen LogP contribution >= 0.6 is 0 Å². The van der Waals surface area contributed by atoms with Crippen LogP contribution in [0.25, 0.3) is 6.08 Å². The van der Waals surface area contributed by atoms with E-state index in [1.807, 2.05) is 0 Å². The van der Waals surface area contributed by atoms with Crippen LogP contribution in [0.3, 0.4) is 0 Å². The third-order valence-corrected chi connectivity index (χ3v) is 5.46. The van der Waals surface area contributed by atoms with Gasteiger partial charge in [0.15, 0.2) is 28.8 Å². The Labute approximate surface area is 181 Å². The fraction of sp³-hybridized carbons (Fsp3) is 0.375. The molecule has 2 aliphatic heterocycles. The predicted octanol–water partition coefficient (Wildman–Crippen LogP) is 4.32. The maximum atomic E-state index is 13.9. The number of nitrogens with zero attached hydrogens (tertiary/aromatic N) is 1. The number of hydrogen-bond donors (Lipinski definition) is 0. The Balaban J connectivity index is 1.49. The van der Waals surface area contributed by atoms with Gasteiger partial charge in [-0.3, -0.25) is 9.69 Å². The van der Waals surface area contributed by atoms with Crippen LogP contribution in [0.2, 0.25) is 0 Å². The van der Waals surface area contributed by atoms with E-state index < -0.39 is 5.82 Å². The van der Waals surface area contributed by atoms with Crippen molar-refractivity contribution in [3.8, 4) is 23.0 Å². The average molecular weight is 427 g/mol. The summed E-state index contributed by atoms with van der Waals surface area (Å²) in [6, 6.07) is 7.86. The Morgan fingerprint density at radius 3 is 2.61 bits per heavy atom. The summed E-state index contributed by atoms with van der Waals surface area (Å²) in [4.78, 5) is 15.3. The first kappa shape index (κ1) is 21.2. The van der Waals surface area contributed by atoms with Crippen LogP contribution in [0.5, 0.6) is 23.0 Å². The van der Waals surface area contributed by atoms with E-state index in [2.05, 4.69) is 4.90 Å². The summed E-state index contributed by atoms with van der Waals surface area (Å²) in [5.74, 6) is 0.936. The molecule has 6 nitrogen and oxygen atoms in total. The highest BCUT2D eigenvalue weighted by Crippen LogP contribution is 2.38. The van der Waals surface area contributed by atoms with Crippen molar-refractivity contribution in [2.75, 3.05) is 40.1 Å². The standard InChI is InChI=1S/C24H26FNO5/c1-28-21-8-6-17(13-19(21)25)5-7-20(27)18-14-23-24(31-16-30-23)15-22(18)29-12-11-26-9-3-2-4-10-26/h5-8,13-15H,2-4,9-12,16H2,1H3/b7-5+. The van der Waals surface area contributed by atoms with Gasteiger partial charge in [0.25, 0.3) is 0 Å². The van der Waals surface area contributed by atoms with Crippen LogP contribution in [0.15, 0.2) is 36.4 Å². The molecule has 7 heteroatoms. The SMILES string of the molecule is COc1ccc(/C=C/C(=O)c2cc3c(cc2OCCN2CCCCC2)OCO3)cc1F. The Morgan fingerprint density at radius 2 is 1.87 bits per heavy atom. The summed E-state index contributed by atoms with van der Waals surface area (Å²) in [6.45, 7) is 3.56. The van der Waals surface area contributed by atoms with E-state index in [4.69, 9.17) is 18.9 Å². The second-order valence-corrected chi connectivity index (χ2v) is 7.54. The molecule has 2 aliphatic rings. The summed E-state index contributed by atoms with van der Waals surface area (Å²) in [7, 11) is 1.41. The molecule has 1 fully saturated rings. The number of piperidine rings is 1. The quantitative estimate of drug-likeness (QED) is 0.462. The highest BCUT2D eigenvalue weighted by molar-refractivity contribution is 6.09. The minimum Gasteiger partial charge on any atom is -0.494 e. The first-order chi connectivity index (χ1) is 15.1. The Morgan fingerprint density at radius 1 is 1.10 bits per heavy atom. The number of benzene rings is 2. The molecule has 0 radical (unpaired) electrons. The van der Waals surface area contributed by atoms with E-state index in [1.165, 1.54) is 44.6 Å². The third kappa shape index (κ3) is 5.17. The van der Waals surface area contributed by atoms with Crippen molar-refractivity contribution in [2.24, 2.45) is 0 Å². The second-order valence-electron chi connectivity index (χ2n) is 7.54. The minimum absolute atomic E-state index is 0.112. The van der Waals surface area contributed by atoms with Crippen molar-refractivity contribution in [2.45, 2.75) is 19.3 Å². The van der Waals surface area contributed by atoms with Gasteiger partial charge in [0, 0.05) is 12.6 Å². The van der Waals surface area contributed by atoms with Crippen LogP contribution in [0.4, 0.5) is 4.39 Å². The number of likely N-dealkylation sites (tertiary alicyclic amines) is 1. The molecule has 4 rings (SSSR count). The smallest absolute Gasteiger partial charge is 0.231 e. The van der Waals surface area contributed by atoms with Crippen molar-refractivity contribution in [3.63, 3.8) is 0 Å². The lowest BCUT2D eigenvalue weighted by Gasteiger charge is -2.26. The minimum atomic E-state index is -0.484. The summed E-state index contributed by atoms with van der Waals surface area (Å²) < 4.78 is 35.7. The topological polar surface area (TPSA) is 57.2 Å². The van der Waals surface area contributed by atoms with E-state index in [0.717, 1.165) is 19.6 Å². The maximum Gasteiger partial charge on any atom is 0.231 e. The van der Waals surface area contributed by atoms with Crippen LogP contribution in [-0.2, 0) is 0 Å². The van der Waals surface area contributed by atoms with Gasteiger partial charge in [-0.15, -0.1) is 0 Å². The molecule has 0 spiro atoms. The van der Waals surface area contributed by atoms with Gasteiger partial charge in [-0.25, -0.2) is 4.39 Å². The number of methoxy groups -OCH3 is 1. The van der Waals surface area contributed by atoms with Gasteiger partial charge in [0.2, 0.25) is 6.79 Å². The van der Waals surface area contributed by atoms with Crippen molar-refractivity contribution in [1.82, 2.24) is 4.90 Å². The number of carbonyl (C=O) groups is 1. The zero-order valence-corrected chi connectivity index (χ0v) is 17.6. The molecule has 0 aromatic heterocycles. The molecule has 2 aromatic carbocycles. The summed E-state index contributed by atoms with van der Waals surface area (Å²) in [5, 5.41) is 0. The van der Waals surface area contributed by atoms with E-state index in [0.29, 0.717) is 35.0 Å². The van der Waals surface area contributed by atoms with Gasteiger partial charge in [-0.05, 0) is 55.8 Å². The summed E-state index contributed by atoms with van der Waals surface area (Å²) >= 11 is 0. The van der Waals surface area contributed by atoms with Crippen LogP contribution < -0.4 is 18.9 Å². The van der Waals surface area contributed by atoms with Crippen LogP contribution in [0.1, 0.15) is 35.2 Å². The molecule has 31 heavy (non-hydrogen) atoms. The van der Waals surface area contributed by atoms with Gasteiger partial charge in [-0.1, -0.05) is 18.6 Å². The molecule has 0 bridgehead atoms. The van der Waals surface area contributed by atoms with E-state index in [-0.39, 0.29) is 18.3 Å². The van der Waals surface area contributed by atoms with Crippen LogP contribution in [-0.4, -0.2) is 50.8 Å². The molecular formula is C24H26FNO5. The molecule has 0 aliphatic carbocycles. The van der Waals surface area contributed by atoms with Gasteiger partial charge < -0.3 is 18.9 Å². The first-order valence-corrected chi connectivity index (χ1v) is 10.5. The molecular weight excluding hydrogens is 401 g/mol. The first-order valence-electron chi connectivity index (χ1n) is 10.5. The molecule has 2 heterocycles. The van der Waals surface area contributed by atoms with Crippen molar-refractivity contribution < 1.29 is 28.1 Å². The van der Waals surface area contributed by atoms with Gasteiger partial charge in [0.1, 0.15) is 12.4 Å². The molecule has 1 saturated heterocycles. The van der Waals surface area contributed by atoms with Gasteiger partial charge in [0.05, 0.1) is 12.7 Å². The van der Waals surface area contributed by atoms with E-state index in [9.17, 15) is 9.18 Å². The Bertz CT molecular complexity index is 969. The number of fused-ring (bicyclic) bond motifs is 1. The number of ketones is 1. The van der Waals surface area contributed by atoms with Gasteiger partial charge >= 0.3 is 0 Å². The average Bonchev–Trinajstić information content (AvgIpc) is 3.25. The molecule has 0 N–H and O–H groups in total. The van der Waals surface area contributed by atoms with Crippen molar-refractivity contribution >= 4 is 11.9 Å². The zero-order valence-electron chi connectivity index (χ0n) is 17.6. The normalized spacial score (nSPS) is 15.9. The largest absolute Gasteiger partial charge is 0.494 e. The van der Waals surface area contributed by atoms with E-state index >= 15 is 0 Å². The predicted molar refractivity (Wildman–Crippen MR) is 115 cm³/mol. The number of hydrogen-bond acceptors (Lipinski definition) is 6. The monoisotopic (exact) mass is 427 g/mol. The summed E-state index contributed by atoms with van der Waals surface area (Å²) in [6.07, 6.45) is 6.67. The Kier molecular flexibility index (Phi) is 6.72. The number of carbonyl (C=O) groups excluding carboxylic acids is 1. The fourth-order valence-corrected chi connectivity index (χ4v) is 3.75. The molecule has 0 amide bonds. The highest BCUT2D eigenvalue weighted by atomic mass is 19.1. The molecule has 0 saturated carbocycles. The lowest BCUT2D eigenvalue weighted by Crippen LogP contribution is -2.33. The number of allylic oxidation sites excluding steroid dienone is 1. The van der Waals surface area contributed by atoms with Crippen molar-refractivity contribution in [1.29, 1.82) is 0 Å². The van der Waals surface area contributed by atoms with Crippen molar-refractivity contribution in [3.05, 3.63) is 53.4 Å². The van der Waals surface area contributed by atoms with Crippen LogP contribution in [0, 0.1) is 5.82 Å². The number of rotatable bonds is 8. The number of halogens is 1. The van der Waals surface area contributed by atoms with E-state index in [1.54, 1.807) is 24.3 Å². The lowest BCUT2D eigenvalue weighted by atomic mass is 10.1. The highest BCUT2D eigenvalue weighted by Gasteiger charge is 2.21. The molecule has 2 aromatic rings. The number of ether oxygens (including phenoxy) is 4. The molecule has 164 valence electrons. The molecule has 0 atom stereocenters. The lowest BCUT2D eigenvalue weighted by molar-refractivity contribution is 0.104. The Hall–Kier alpha value is -3.06. The summed E-state index contributed by atoms with van der Waals surface area (Å²) in [5.41, 5.74) is 0.938. The van der Waals surface area contributed by atoms with Gasteiger partial charge in [-0.2, -0.15) is 0 Å². The fourth-order valence-electron chi connectivity index (χ4n) is 3.75. The maximum absolute atomic E-state index is 13.9. The zero-order chi connectivity index (χ0) is 21.6. The molecule has 0 unspecified atom stereocenters.